The smallest absolute Gasteiger partial charge is 0.249 e. The third-order valence-corrected chi connectivity index (χ3v) is 10.2. The van der Waals surface area contributed by atoms with Gasteiger partial charge in [-0.2, -0.15) is 0 Å². The molecule has 9 nitrogen and oxygen atoms in total. The Labute approximate surface area is 157 Å². The minimum Gasteiger partial charge on any atom is -0.379 e. The van der Waals surface area contributed by atoms with Gasteiger partial charge in [0.15, 0.2) is 4.24 Å². The number of sulfone groups is 1. The molecule has 0 bridgehead atoms. The summed E-state index contributed by atoms with van der Waals surface area (Å²) < 4.78 is 51.2. The number of hydrogen-bond acceptors (Lipinski definition) is 8. The summed E-state index contributed by atoms with van der Waals surface area (Å²) in [6, 6.07) is 0. The van der Waals surface area contributed by atoms with E-state index in [0.717, 1.165) is 17.8 Å². The molecule has 0 aromatic rings. The monoisotopic (exact) mass is 423 g/mol. The predicted octanol–water partition coefficient (Wildman–Crippen LogP) is -0.554. The fourth-order valence-corrected chi connectivity index (χ4v) is 8.36. The predicted molar refractivity (Wildman–Crippen MR) is 97.7 cm³/mol. The molecule has 12 heteroatoms. The lowest BCUT2D eigenvalue weighted by atomic mass is 10.0. The van der Waals surface area contributed by atoms with Crippen LogP contribution in [0.5, 0.6) is 0 Å². The number of primary sulfonamides is 1. The van der Waals surface area contributed by atoms with E-state index in [9.17, 15) is 21.6 Å². The highest BCUT2D eigenvalue weighted by atomic mass is 32.3. The number of ether oxygens (including phenoxy) is 1. The zero-order valence-electron chi connectivity index (χ0n) is 14.4. The molecule has 3 rings (SSSR count). The zero-order valence-corrected chi connectivity index (χ0v) is 16.8. The van der Waals surface area contributed by atoms with Gasteiger partial charge >= 0.3 is 0 Å². The molecule has 0 aromatic heterocycles. The fourth-order valence-electron chi connectivity index (χ4n) is 3.15. The van der Waals surface area contributed by atoms with Gasteiger partial charge in [-0.05, 0) is 31.9 Å². The molecule has 0 radical (unpaired) electrons. The SMILES string of the molecule is CC(NC(=O)C1(C)CC2=C(S1)S(=O)(=O)C(S(N)(=O)=O)=C2)N1CCOCC1. The highest BCUT2D eigenvalue weighted by Gasteiger charge is 2.51. The van der Waals surface area contributed by atoms with Gasteiger partial charge in [0, 0.05) is 13.1 Å². The fraction of sp³-hybridized carbons (Fsp3) is 0.643. The van der Waals surface area contributed by atoms with Crippen molar-refractivity contribution in [3.05, 3.63) is 20.1 Å². The van der Waals surface area contributed by atoms with E-state index in [2.05, 4.69) is 10.2 Å². The molecule has 0 aliphatic carbocycles. The maximum absolute atomic E-state index is 12.8. The number of nitrogens with two attached hydrogens (primary N) is 1. The molecule has 146 valence electrons. The molecule has 0 spiro atoms. The van der Waals surface area contributed by atoms with Gasteiger partial charge in [0.25, 0.3) is 0 Å². The first kappa shape index (κ1) is 19.8. The van der Waals surface area contributed by atoms with Crippen molar-refractivity contribution in [3.8, 4) is 0 Å². The average molecular weight is 424 g/mol. The van der Waals surface area contributed by atoms with Gasteiger partial charge in [-0.1, -0.05) is 11.8 Å². The van der Waals surface area contributed by atoms with E-state index in [4.69, 9.17) is 9.88 Å². The number of allylic oxidation sites excluding steroid dienone is 2. The van der Waals surface area contributed by atoms with Crippen LogP contribution < -0.4 is 10.5 Å². The van der Waals surface area contributed by atoms with E-state index in [1.165, 1.54) is 0 Å². The maximum Gasteiger partial charge on any atom is 0.249 e. The number of nitrogens with zero attached hydrogens (tertiary/aromatic N) is 1. The number of nitrogens with one attached hydrogen (secondary N) is 1. The molecule has 3 aliphatic rings. The molecule has 3 aliphatic heterocycles. The van der Waals surface area contributed by atoms with Crippen LogP contribution in [0.15, 0.2) is 20.1 Å². The van der Waals surface area contributed by atoms with Crippen LogP contribution in [-0.2, 0) is 29.4 Å². The van der Waals surface area contributed by atoms with Crippen molar-refractivity contribution in [3.63, 3.8) is 0 Å². The Morgan fingerprint density at radius 2 is 2.04 bits per heavy atom. The summed E-state index contributed by atoms with van der Waals surface area (Å²) in [5.74, 6) is -0.295. The zero-order chi connectivity index (χ0) is 19.3. The number of thioether (sulfide) groups is 1. The van der Waals surface area contributed by atoms with Gasteiger partial charge in [-0.15, -0.1) is 0 Å². The second-order valence-corrected chi connectivity index (χ2v) is 12.0. The van der Waals surface area contributed by atoms with E-state index in [-0.39, 0.29) is 22.7 Å². The molecule has 26 heavy (non-hydrogen) atoms. The Balaban J connectivity index is 1.74. The van der Waals surface area contributed by atoms with Crippen LogP contribution in [0.1, 0.15) is 20.3 Å². The largest absolute Gasteiger partial charge is 0.379 e. The topological polar surface area (TPSA) is 136 Å². The minimum absolute atomic E-state index is 0.0989. The second-order valence-electron chi connectivity index (χ2n) is 6.63. The lowest BCUT2D eigenvalue weighted by Crippen LogP contribution is -2.54. The first-order valence-electron chi connectivity index (χ1n) is 8.00. The quantitative estimate of drug-likeness (QED) is 0.614. The highest BCUT2D eigenvalue weighted by Crippen LogP contribution is 2.54. The normalized spacial score (nSPS) is 30.0. The number of amides is 1. The van der Waals surface area contributed by atoms with Gasteiger partial charge in [0.05, 0.1) is 19.4 Å². The summed E-state index contributed by atoms with van der Waals surface area (Å²) in [7, 11) is -8.54. The molecule has 3 N–H and O–H groups in total. The molecule has 2 unspecified atom stereocenters. The average Bonchev–Trinajstić information content (AvgIpc) is 3.02. The first-order chi connectivity index (χ1) is 11.9. The van der Waals surface area contributed by atoms with Crippen molar-refractivity contribution in [1.82, 2.24) is 10.2 Å². The van der Waals surface area contributed by atoms with Crippen molar-refractivity contribution in [2.75, 3.05) is 26.3 Å². The summed E-state index contributed by atoms with van der Waals surface area (Å²) in [4.78, 5) is 14.8. The van der Waals surface area contributed by atoms with E-state index < -0.39 is 28.8 Å². The van der Waals surface area contributed by atoms with E-state index in [1.807, 2.05) is 6.92 Å². The maximum atomic E-state index is 12.8. The Morgan fingerprint density at radius 1 is 1.42 bits per heavy atom. The van der Waals surface area contributed by atoms with Crippen LogP contribution in [0.3, 0.4) is 0 Å². The van der Waals surface area contributed by atoms with Crippen LogP contribution in [0.2, 0.25) is 0 Å². The number of hydrogen-bond donors (Lipinski definition) is 2. The molecule has 2 atom stereocenters. The molecular weight excluding hydrogens is 402 g/mol. The minimum atomic E-state index is -4.34. The Morgan fingerprint density at radius 3 is 2.58 bits per heavy atom. The number of carbonyl (C=O) groups is 1. The van der Waals surface area contributed by atoms with Crippen LogP contribution in [0, 0.1) is 0 Å². The van der Waals surface area contributed by atoms with E-state index >= 15 is 0 Å². The summed E-state index contributed by atoms with van der Waals surface area (Å²) in [5, 5.41) is 7.90. The lowest BCUT2D eigenvalue weighted by molar-refractivity contribution is -0.125. The summed E-state index contributed by atoms with van der Waals surface area (Å²) >= 11 is 0.871. The lowest BCUT2D eigenvalue weighted by Gasteiger charge is -2.34. The molecule has 1 amide bonds. The first-order valence-corrected chi connectivity index (χ1v) is 11.8. The number of rotatable bonds is 4. The van der Waals surface area contributed by atoms with Gasteiger partial charge in [-0.3, -0.25) is 9.69 Å². The summed E-state index contributed by atoms with van der Waals surface area (Å²) in [6.45, 7) is 6.12. The Kier molecular flexibility index (Phi) is 5.04. The third-order valence-electron chi connectivity index (χ3n) is 4.60. The van der Waals surface area contributed by atoms with Crippen molar-refractivity contribution in [2.24, 2.45) is 5.14 Å². The van der Waals surface area contributed by atoms with Gasteiger partial charge < -0.3 is 10.1 Å². The van der Waals surface area contributed by atoms with Crippen molar-refractivity contribution in [1.29, 1.82) is 0 Å². The molecule has 1 fully saturated rings. The van der Waals surface area contributed by atoms with E-state index in [0.29, 0.717) is 31.9 Å². The second kappa shape index (κ2) is 6.60. The molecule has 1 saturated heterocycles. The molecule has 3 heterocycles. The van der Waals surface area contributed by atoms with Crippen LogP contribution >= 0.6 is 11.8 Å². The van der Waals surface area contributed by atoms with Crippen LogP contribution in [0.4, 0.5) is 0 Å². The van der Waals surface area contributed by atoms with Crippen molar-refractivity contribution >= 4 is 37.5 Å². The number of morpholine rings is 1. The molecular formula is C14H21N3O6S3. The van der Waals surface area contributed by atoms with Gasteiger partial charge in [0.2, 0.25) is 25.8 Å². The molecule has 0 aromatic carbocycles. The summed E-state index contributed by atoms with van der Waals surface area (Å²) in [5.41, 5.74) is 0.315. The third kappa shape index (κ3) is 3.45. The Bertz CT molecular complexity index is 902. The standard InChI is InChI=1S/C14H21N3O6S3/c1-9(17-3-5-23-6-4-17)16-13(18)14(2)8-10-7-11(26(15,21)22)25(19,20)12(10)24-14/h7,9H,3-6,8H2,1-2H3,(H,16,18)(H2,15,21,22). The Hall–Kier alpha value is -0.920. The van der Waals surface area contributed by atoms with Crippen LogP contribution in [0.25, 0.3) is 0 Å². The van der Waals surface area contributed by atoms with Gasteiger partial charge in [-0.25, -0.2) is 22.0 Å². The van der Waals surface area contributed by atoms with Crippen molar-refractivity contribution in [2.45, 2.75) is 31.2 Å². The van der Waals surface area contributed by atoms with Crippen molar-refractivity contribution < 1.29 is 26.4 Å². The highest BCUT2D eigenvalue weighted by molar-refractivity contribution is 8.26. The summed E-state index contributed by atoms with van der Waals surface area (Å²) in [6.07, 6.45) is 0.968. The molecule has 0 saturated carbocycles. The van der Waals surface area contributed by atoms with E-state index in [1.54, 1.807) is 6.92 Å². The van der Waals surface area contributed by atoms with Gasteiger partial charge in [0.1, 0.15) is 8.98 Å². The number of sulfonamides is 1. The number of carbonyl (C=O) groups excluding carboxylic acids is 1. The van der Waals surface area contributed by atoms with Crippen LogP contribution in [-0.4, -0.2) is 64.9 Å².